The average molecular weight is 298 g/mol. The molecule has 0 saturated heterocycles. The topological polar surface area (TPSA) is 29.9 Å². The van der Waals surface area contributed by atoms with E-state index in [1.165, 1.54) is 6.07 Å². The summed E-state index contributed by atoms with van der Waals surface area (Å²) in [6, 6.07) is 4.91. The molecule has 0 radical (unpaired) electrons. The first-order valence-corrected chi connectivity index (χ1v) is 6.15. The summed E-state index contributed by atoms with van der Waals surface area (Å²) in [6.45, 7) is 4.79. The van der Waals surface area contributed by atoms with Gasteiger partial charge in [0.2, 0.25) is 5.95 Å². The minimum atomic E-state index is -0.290. The zero-order valence-corrected chi connectivity index (χ0v) is 11.3. The molecule has 1 aromatic carbocycles. The quantitative estimate of drug-likeness (QED) is 0.932. The van der Waals surface area contributed by atoms with Crippen LogP contribution in [0.25, 0.3) is 0 Å². The zero-order valence-electron chi connectivity index (χ0n) is 9.67. The number of anilines is 2. The average Bonchev–Trinajstić information content (AvgIpc) is 2.64. The Morgan fingerprint density at radius 1 is 1.47 bits per heavy atom. The molecule has 2 aromatic rings. The van der Waals surface area contributed by atoms with E-state index in [9.17, 15) is 4.39 Å². The van der Waals surface area contributed by atoms with Gasteiger partial charge in [0.05, 0.1) is 10.2 Å². The fraction of sp³-hybridized carbons (Fsp3) is 0.250. The fourth-order valence-corrected chi connectivity index (χ4v) is 1.84. The number of imidazole rings is 1. The Labute approximate surface area is 108 Å². The van der Waals surface area contributed by atoms with Crippen LogP contribution in [0.1, 0.15) is 12.6 Å². The van der Waals surface area contributed by atoms with E-state index in [0.29, 0.717) is 10.2 Å². The third-order valence-electron chi connectivity index (χ3n) is 2.41. The summed E-state index contributed by atoms with van der Waals surface area (Å²) >= 11 is 3.12. The molecule has 5 heteroatoms. The number of hydrogen-bond acceptors (Lipinski definition) is 2. The van der Waals surface area contributed by atoms with Gasteiger partial charge in [-0.25, -0.2) is 9.37 Å². The summed E-state index contributed by atoms with van der Waals surface area (Å²) in [5, 5.41) is 3.10. The highest BCUT2D eigenvalue weighted by Crippen LogP contribution is 2.22. The van der Waals surface area contributed by atoms with E-state index in [1.54, 1.807) is 12.1 Å². The van der Waals surface area contributed by atoms with Crippen LogP contribution >= 0.6 is 15.9 Å². The van der Waals surface area contributed by atoms with Gasteiger partial charge >= 0.3 is 0 Å². The molecule has 1 aromatic heterocycles. The van der Waals surface area contributed by atoms with Crippen LogP contribution in [-0.4, -0.2) is 9.55 Å². The highest BCUT2D eigenvalue weighted by Gasteiger charge is 2.06. The summed E-state index contributed by atoms with van der Waals surface area (Å²) in [4.78, 5) is 4.35. The number of halogens is 2. The Balaban J connectivity index is 2.27. The first kappa shape index (κ1) is 12.1. The minimum Gasteiger partial charge on any atom is -0.326 e. The first-order valence-electron chi connectivity index (χ1n) is 5.36. The van der Waals surface area contributed by atoms with Crippen LogP contribution in [0.2, 0.25) is 0 Å². The molecular formula is C12H13BrFN3. The summed E-state index contributed by atoms with van der Waals surface area (Å²) < 4.78 is 15.8. The van der Waals surface area contributed by atoms with Gasteiger partial charge in [0.25, 0.3) is 0 Å². The standard InChI is InChI=1S/C12H13BrFN3/c1-3-17-7-8(2)15-12(17)16-9-4-5-10(13)11(14)6-9/h4-7H,3H2,1-2H3,(H,15,16). The van der Waals surface area contributed by atoms with Crippen LogP contribution in [0.5, 0.6) is 0 Å². The number of rotatable bonds is 3. The van der Waals surface area contributed by atoms with Crippen molar-refractivity contribution in [1.82, 2.24) is 9.55 Å². The number of nitrogens with one attached hydrogen (secondary N) is 1. The van der Waals surface area contributed by atoms with Crippen molar-refractivity contribution in [2.45, 2.75) is 20.4 Å². The normalized spacial score (nSPS) is 10.6. The van der Waals surface area contributed by atoms with Crippen molar-refractivity contribution in [3.05, 3.63) is 40.4 Å². The molecule has 1 N–H and O–H groups in total. The van der Waals surface area contributed by atoms with Gasteiger partial charge in [-0.05, 0) is 48.0 Å². The largest absolute Gasteiger partial charge is 0.326 e. The molecule has 0 unspecified atom stereocenters. The number of hydrogen-bond donors (Lipinski definition) is 1. The molecule has 0 amide bonds. The lowest BCUT2D eigenvalue weighted by molar-refractivity contribution is 0.621. The van der Waals surface area contributed by atoms with E-state index < -0.39 is 0 Å². The smallest absolute Gasteiger partial charge is 0.207 e. The SMILES string of the molecule is CCn1cc(C)nc1Nc1ccc(Br)c(F)c1. The van der Waals surface area contributed by atoms with Crippen molar-refractivity contribution in [1.29, 1.82) is 0 Å². The van der Waals surface area contributed by atoms with Crippen molar-refractivity contribution in [3.63, 3.8) is 0 Å². The summed E-state index contributed by atoms with van der Waals surface area (Å²) in [6.07, 6.45) is 1.96. The van der Waals surface area contributed by atoms with Gasteiger partial charge in [-0.1, -0.05) is 0 Å². The second-order valence-electron chi connectivity index (χ2n) is 3.75. The molecule has 90 valence electrons. The van der Waals surface area contributed by atoms with Crippen LogP contribution in [0.15, 0.2) is 28.9 Å². The molecule has 0 atom stereocenters. The summed E-state index contributed by atoms with van der Waals surface area (Å²) in [7, 11) is 0. The van der Waals surface area contributed by atoms with Crippen molar-refractivity contribution in [2.24, 2.45) is 0 Å². The molecule has 2 rings (SSSR count). The second kappa shape index (κ2) is 4.87. The lowest BCUT2D eigenvalue weighted by Gasteiger charge is -2.08. The van der Waals surface area contributed by atoms with E-state index in [2.05, 4.69) is 26.2 Å². The highest BCUT2D eigenvalue weighted by atomic mass is 79.9. The maximum Gasteiger partial charge on any atom is 0.207 e. The molecule has 0 spiro atoms. The van der Waals surface area contributed by atoms with Crippen molar-refractivity contribution in [2.75, 3.05) is 5.32 Å². The first-order chi connectivity index (χ1) is 8.10. The predicted octanol–water partition coefficient (Wildman–Crippen LogP) is 3.86. The summed E-state index contributed by atoms with van der Waals surface area (Å²) in [5.74, 6) is 0.438. The van der Waals surface area contributed by atoms with Gasteiger partial charge in [0.15, 0.2) is 0 Å². The van der Waals surface area contributed by atoms with Gasteiger partial charge in [0, 0.05) is 18.4 Å². The Kier molecular flexibility index (Phi) is 3.47. The van der Waals surface area contributed by atoms with E-state index in [1.807, 2.05) is 24.6 Å². The number of nitrogens with zero attached hydrogens (tertiary/aromatic N) is 2. The number of aromatic nitrogens is 2. The van der Waals surface area contributed by atoms with E-state index in [-0.39, 0.29) is 5.82 Å². The van der Waals surface area contributed by atoms with Crippen molar-refractivity contribution >= 4 is 27.6 Å². The molecule has 0 fully saturated rings. The molecule has 1 heterocycles. The van der Waals surface area contributed by atoms with Crippen LogP contribution in [0.3, 0.4) is 0 Å². The maximum absolute atomic E-state index is 13.4. The molecule has 0 bridgehead atoms. The van der Waals surface area contributed by atoms with Gasteiger partial charge < -0.3 is 9.88 Å². The molecule has 3 nitrogen and oxygen atoms in total. The third kappa shape index (κ3) is 2.66. The molecule has 0 aliphatic carbocycles. The Bertz CT molecular complexity index is 537. The lowest BCUT2D eigenvalue weighted by atomic mass is 10.3. The summed E-state index contributed by atoms with van der Waals surface area (Å²) in [5.41, 5.74) is 1.62. The number of aryl methyl sites for hydroxylation is 2. The van der Waals surface area contributed by atoms with E-state index in [4.69, 9.17) is 0 Å². The van der Waals surface area contributed by atoms with Gasteiger partial charge in [-0.15, -0.1) is 0 Å². The molecule has 0 aliphatic heterocycles. The zero-order chi connectivity index (χ0) is 12.4. The van der Waals surface area contributed by atoms with Gasteiger partial charge in [-0.3, -0.25) is 0 Å². The molecule has 0 saturated carbocycles. The van der Waals surface area contributed by atoms with E-state index >= 15 is 0 Å². The van der Waals surface area contributed by atoms with Gasteiger partial charge in [0.1, 0.15) is 5.82 Å². The Morgan fingerprint density at radius 3 is 2.88 bits per heavy atom. The maximum atomic E-state index is 13.4. The van der Waals surface area contributed by atoms with Crippen LogP contribution in [-0.2, 0) is 6.54 Å². The van der Waals surface area contributed by atoms with Crippen LogP contribution in [0.4, 0.5) is 16.0 Å². The van der Waals surface area contributed by atoms with Crippen LogP contribution < -0.4 is 5.32 Å². The monoisotopic (exact) mass is 297 g/mol. The predicted molar refractivity (Wildman–Crippen MR) is 70.0 cm³/mol. The Morgan fingerprint density at radius 2 is 2.24 bits per heavy atom. The number of benzene rings is 1. The minimum absolute atomic E-state index is 0.290. The molecule has 0 aliphatic rings. The van der Waals surface area contributed by atoms with Crippen LogP contribution in [0, 0.1) is 12.7 Å². The van der Waals surface area contributed by atoms with Gasteiger partial charge in [-0.2, -0.15) is 0 Å². The molecular weight excluding hydrogens is 285 g/mol. The van der Waals surface area contributed by atoms with E-state index in [0.717, 1.165) is 18.2 Å². The molecule has 17 heavy (non-hydrogen) atoms. The second-order valence-corrected chi connectivity index (χ2v) is 4.60. The van der Waals surface area contributed by atoms with Crippen molar-refractivity contribution in [3.8, 4) is 0 Å². The fourth-order valence-electron chi connectivity index (χ4n) is 1.59. The Hall–Kier alpha value is -1.36. The van der Waals surface area contributed by atoms with Crippen molar-refractivity contribution < 1.29 is 4.39 Å². The third-order valence-corrected chi connectivity index (χ3v) is 3.06. The lowest BCUT2D eigenvalue weighted by Crippen LogP contribution is -2.01. The highest BCUT2D eigenvalue weighted by molar-refractivity contribution is 9.10.